The van der Waals surface area contributed by atoms with E-state index < -0.39 is 0 Å². The maximum Gasteiger partial charge on any atom is 0.409 e. The Labute approximate surface area is 168 Å². The van der Waals surface area contributed by atoms with Crippen LogP contribution in [0.3, 0.4) is 0 Å². The summed E-state index contributed by atoms with van der Waals surface area (Å²) in [7, 11) is 0. The number of carbonyl (C=O) groups is 2. The number of ether oxygens (including phenoxy) is 1. The summed E-state index contributed by atoms with van der Waals surface area (Å²) >= 11 is 0. The Morgan fingerprint density at radius 2 is 1.79 bits per heavy atom. The fraction of sp³-hybridized carbons (Fsp3) is 0.818. The van der Waals surface area contributed by atoms with Crippen LogP contribution in [0.15, 0.2) is 12.2 Å². The molecule has 3 saturated heterocycles. The van der Waals surface area contributed by atoms with Crippen LogP contribution in [0.25, 0.3) is 0 Å². The molecule has 0 bridgehead atoms. The second-order valence-electron chi connectivity index (χ2n) is 8.81. The molecule has 4 aliphatic rings. The van der Waals surface area contributed by atoms with E-state index in [2.05, 4.69) is 22.0 Å². The number of fused-ring (bicyclic) bond motifs is 1. The zero-order valence-electron chi connectivity index (χ0n) is 17.2. The molecule has 0 spiro atoms. The molecule has 6 heteroatoms. The number of nitrogens with zero attached hydrogens (tertiary/aromatic N) is 3. The normalized spacial score (nSPS) is 32.3. The van der Waals surface area contributed by atoms with E-state index in [0.717, 1.165) is 77.5 Å². The van der Waals surface area contributed by atoms with Crippen LogP contribution in [0.5, 0.6) is 0 Å². The van der Waals surface area contributed by atoms with Crippen molar-refractivity contribution in [3.05, 3.63) is 12.2 Å². The molecule has 0 radical (unpaired) electrons. The Kier molecular flexibility index (Phi) is 6.24. The summed E-state index contributed by atoms with van der Waals surface area (Å²) in [6.07, 6.45) is 12.6. The summed E-state index contributed by atoms with van der Waals surface area (Å²) in [5.41, 5.74) is 0. The number of hydrogen-bond donors (Lipinski definition) is 0. The molecular weight excluding hydrogens is 354 g/mol. The van der Waals surface area contributed by atoms with Gasteiger partial charge in [0.2, 0.25) is 5.91 Å². The minimum Gasteiger partial charge on any atom is -0.450 e. The number of piperidine rings is 1. The first kappa shape index (κ1) is 19.7. The first-order valence-corrected chi connectivity index (χ1v) is 11.3. The lowest BCUT2D eigenvalue weighted by atomic mass is 9.88. The summed E-state index contributed by atoms with van der Waals surface area (Å²) in [6.45, 7) is 6.06. The Hall–Kier alpha value is -1.56. The van der Waals surface area contributed by atoms with Crippen molar-refractivity contribution in [1.82, 2.24) is 14.7 Å². The smallest absolute Gasteiger partial charge is 0.409 e. The van der Waals surface area contributed by atoms with E-state index in [0.29, 0.717) is 36.6 Å². The second-order valence-corrected chi connectivity index (χ2v) is 8.81. The molecule has 0 saturated carbocycles. The van der Waals surface area contributed by atoms with Gasteiger partial charge in [-0.15, -0.1) is 0 Å². The van der Waals surface area contributed by atoms with Gasteiger partial charge in [0, 0.05) is 50.7 Å². The quantitative estimate of drug-likeness (QED) is 0.696. The van der Waals surface area contributed by atoms with Crippen LogP contribution in [-0.2, 0) is 9.53 Å². The molecule has 3 aliphatic heterocycles. The third-order valence-electron chi connectivity index (χ3n) is 7.24. The first-order chi connectivity index (χ1) is 13.7. The van der Waals surface area contributed by atoms with Crippen molar-refractivity contribution < 1.29 is 14.3 Å². The van der Waals surface area contributed by atoms with E-state index in [-0.39, 0.29) is 6.09 Å². The monoisotopic (exact) mass is 389 g/mol. The predicted octanol–water partition coefficient (Wildman–Crippen LogP) is 3.03. The third-order valence-corrected chi connectivity index (χ3v) is 7.24. The van der Waals surface area contributed by atoms with E-state index in [1.165, 1.54) is 0 Å². The molecule has 1 aliphatic carbocycles. The molecule has 4 rings (SSSR count). The standard InChI is InChI=1S/C22H35N3O3/c1-2-28-22(27)24-12-5-7-18(9-15-24)23-13-10-19(11-14-23)25-20-8-4-3-6-17(20)16-21(25)26/h3-4,17-20H,2,5-16H2,1H3. The van der Waals surface area contributed by atoms with E-state index >= 15 is 0 Å². The number of carbonyl (C=O) groups excluding carboxylic acids is 2. The summed E-state index contributed by atoms with van der Waals surface area (Å²) in [6, 6.07) is 1.43. The molecule has 0 aromatic rings. The van der Waals surface area contributed by atoms with Crippen molar-refractivity contribution in [3.63, 3.8) is 0 Å². The van der Waals surface area contributed by atoms with E-state index in [1.807, 2.05) is 11.8 Å². The number of likely N-dealkylation sites (tertiary alicyclic amines) is 3. The van der Waals surface area contributed by atoms with Crippen molar-refractivity contribution in [3.8, 4) is 0 Å². The highest BCUT2D eigenvalue weighted by atomic mass is 16.6. The first-order valence-electron chi connectivity index (χ1n) is 11.3. The fourth-order valence-electron chi connectivity index (χ4n) is 5.78. The van der Waals surface area contributed by atoms with E-state index in [4.69, 9.17) is 4.74 Å². The number of amides is 2. The zero-order chi connectivity index (χ0) is 19.5. The molecule has 0 aromatic carbocycles. The topological polar surface area (TPSA) is 53.1 Å². The molecule has 28 heavy (non-hydrogen) atoms. The van der Waals surface area contributed by atoms with Crippen molar-refractivity contribution >= 4 is 12.0 Å². The zero-order valence-corrected chi connectivity index (χ0v) is 17.2. The van der Waals surface area contributed by atoms with Crippen molar-refractivity contribution in [1.29, 1.82) is 0 Å². The lowest BCUT2D eigenvalue weighted by Gasteiger charge is -2.43. The molecule has 2 amide bonds. The number of allylic oxidation sites excluding steroid dienone is 1. The minimum absolute atomic E-state index is 0.162. The summed E-state index contributed by atoms with van der Waals surface area (Å²) in [5, 5.41) is 0. The highest BCUT2D eigenvalue weighted by Gasteiger charge is 2.43. The molecule has 0 N–H and O–H groups in total. The summed E-state index contributed by atoms with van der Waals surface area (Å²) in [4.78, 5) is 31.4. The molecule has 156 valence electrons. The van der Waals surface area contributed by atoms with Crippen LogP contribution in [-0.4, -0.2) is 77.6 Å². The SMILES string of the molecule is CCOC(=O)N1CCCC(N2CCC(N3C(=O)CC4CC=CCC43)CC2)CC1. The van der Waals surface area contributed by atoms with Gasteiger partial charge in [-0.05, 0) is 57.8 Å². The lowest BCUT2D eigenvalue weighted by molar-refractivity contribution is -0.132. The summed E-state index contributed by atoms with van der Waals surface area (Å²) in [5.74, 6) is 0.933. The molecule has 6 nitrogen and oxygen atoms in total. The lowest BCUT2D eigenvalue weighted by Crippen LogP contribution is -2.51. The van der Waals surface area contributed by atoms with Crippen LogP contribution in [0, 0.1) is 5.92 Å². The summed E-state index contributed by atoms with van der Waals surface area (Å²) < 4.78 is 5.17. The predicted molar refractivity (Wildman–Crippen MR) is 108 cm³/mol. The average Bonchev–Trinajstić information content (AvgIpc) is 2.88. The average molecular weight is 390 g/mol. The van der Waals surface area contributed by atoms with Gasteiger partial charge in [0.1, 0.15) is 0 Å². The van der Waals surface area contributed by atoms with Crippen LogP contribution in [0.1, 0.15) is 58.3 Å². The molecule has 0 aromatic heterocycles. The molecule has 3 unspecified atom stereocenters. The van der Waals surface area contributed by atoms with Gasteiger partial charge in [0.25, 0.3) is 0 Å². The van der Waals surface area contributed by atoms with E-state index in [9.17, 15) is 9.59 Å². The van der Waals surface area contributed by atoms with Gasteiger partial charge in [-0.2, -0.15) is 0 Å². The van der Waals surface area contributed by atoms with Gasteiger partial charge in [0.05, 0.1) is 6.61 Å². The Bertz CT molecular complexity index is 600. The second kappa shape index (κ2) is 8.85. The third kappa shape index (κ3) is 4.07. The largest absolute Gasteiger partial charge is 0.450 e. The van der Waals surface area contributed by atoms with Crippen LogP contribution >= 0.6 is 0 Å². The number of hydrogen-bond acceptors (Lipinski definition) is 4. The van der Waals surface area contributed by atoms with E-state index in [1.54, 1.807) is 0 Å². The Morgan fingerprint density at radius 3 is 2.57 bits per heavy atom. The molecule has 3 atom stereocenters. The highest BCUT2D eigenvalue weighted by molar-refractivity contribution is 5.80. The van der Waals surface area contributed by atoms with Crippen molar-refractivity contribution in [2.75, 3.05) is 32.8 Å². The van der Waals surface area contributed by atoms with Crippen LogP contribution in [0.4, 0.5) is 4.79 Å². The molecular formula is C22H35N3O3. The van der Waals surface area contributed by atoms with Gasteiger partial charge < -0.3 is 19.4 Å². The minimum atomic E-state index is -0.162. The maximum absolute atomic E-state index is 12.7. The van der Waals surface area contributed by atoms with Gasteiger partial charge >= 0.3 is 6.09 Å². The maximum atomic E-state index is 12.7. The Morgan fingerprint density at radius 1 is 1.04 bits per heavy atom. The van der Waals surface area contributed by atoms with Crippen LogP contribution in [0.2, 0.25) is 0 Å². The van der Waals surface area contributed by atoms with Crippen LogP contribution < -0.4 is 0 Å². The fourth-order valence-corrected chi connectivity index (χ4v) is 5.78. The Balaban J connectivity index is 1.29. The van der Waals surface area contributed by atoms with Gasteiger partial charge in [-0.25, -0.2) is 4.79 Å². The van der Waals surface area contributed by atoms with Gasteiger partial charge in [0.15, 0.2) is 0 Å². The van der Waals surface area contributed by atoms with Crippen molar-refractivity contribution in [2.24, 2.45) is 5.92 Å². The molecule has 3 fully saturated rings. The van der Waals surface area contributed by atoms with Gasteiger partial charge in [-0.3, -0.25) is 4.79 Å². The number of rotatable bonds is 3. The van der Waals surface area contributed by atoms with Gasteiger partial charge in [-0.1, -0.05) is 12.2 Å². The molecule has 3 heterocycles. The van der Waals surface area contributed by atoms with Crippen molar-refractivity contribution in [2.45, 2.75) is 76.4 Å². The highest BCUT2D eigenvalue weighted by Crippen LogP contribution is 2.37.